The number of hydrogen-bond acceptors (Lipinski definition) is 3. The molecule has 0 aromatic rings. The molecule has 0 aliphatic heterocycles. The van der Waals surface area contributed by atoms with Crippen molar-refractivity contribution in [1.29, 1.82) is 0 Å². The van der Waals surface area contributed by atoms with Gasteiger partial charge in [0.25, 0.3) is 0 Å². The van der Waals surface area contributed by atoms with Crippen molar-refractivity contribution in [2.45, 2.75) is 33.2 Å². The van der Waals surface area contributed by atoms with E-state index >= 15 is 0 Å². The second-order valence-electron chi connectivity index (χ2n) is 4.64. The molecule has 4 N–H and O–H groups in total. The number of carbonyl (C=O) groups is 1. The Kier molecular flexibility index (Phi) is 7.29. The Bertz CT molecular complexity index is 259. The summed E-state index contributed by atoms with van der Waals surface area (Å²) in [5.74, 6) is 0.407. The Balaban J connectivity index is 4.18. The zero-order chi connectivity index (χ0) is 13.3. The molecule has 0 bridgehead atoms. The van der Waals surface area contributed by atoms with Crippen LogP contribution >= 0.6 is 0 Å². The van der Waals surface area contributed by atoms with Gasteiger partial charge in [-0.05, 0) is 27.7 Å². The largest absolute Gasteiger partial charge is 0.395 e. The monoisotopic (exact) mass is 244 g/mol. The van der Waals surface area contributed by atoms with Crippen molar-refractivity contribution >= 4 is 11.9 Å². The van der Waals surface area contributed by atoms with Crippen LogP contribution in [0.5, 0.6) is 0 Å². The third-order valence-electron chi connectivity index (χ3n) is 1.64. The van der Waals surface area contributed by atoms with E-state index in [9.17, 15) is 4.79 Å². The highest BCUT2D eigenvalue weighted by atomic mass is 16.3. The Morgan fingerprint density at radius 3 is 2.41 bits per heavy atom. The van der Waals surface area contributed by atoms with Gasteiger partial charge in [-0.2, -0.15) is 0 Å². The molecule has 0 radical (unpaired) electrons. The van der Waals surface area contributed by atoms with E-state index in [-0.39, 0.29) is 24.6 Å². The summed E-state index contributed by atoms with van der Waals surface area (Å²) in [7, 11) is 0. The maximum Gasteiger partial charge on any atom is 0.242 e. The first kappa shape index (κ1) is 15.7. The van der Waals surface area contributed by atoms with Gasteiger partial charge in [0.05, 0.1) is 6.61 Å². The van der Waals surface area contributed by atoms with Gasteiger partial charge < -0.3 is 21.1 Å². The molecule has 6 nitrogen and oxygen atoms in total. The van der Waals surface area contributed by atoms with E-state index in [4.69, 9.17) is 5.11 Å². The number of aliphatic hydroxyl groups excluding tert-OH is 1. The lowest BCUT2D eigenvalue weighted by molar-refractivity contribution is -0.121. The van der Waals surface area contributed by atoms with Gasteiger partial charge in [-0.3, -0.25) is 4.79 Å². The molecule has 0 atom stereocenters. The first-order valence-corrected chi connectivity index (χ1v) is 5.83. The summed E-state index contributed by atoms with van der Waals surface area (Å²) in [6, 6.07) is 0. The van der Waals surface area contributed by atoms with Gasteiger partial charge in [0.15, 0.2) is 5.96 Å². The first-order valence-electron chi connectivity index (χ1n) is 5.83. The highest BCUT2D eigenvalue weighted by Gasteiger charge is 2.12. The van der Waals surface area contributed by atoms with Gasteiger partial charge in [-0.25, -0.2) is 4.99 Å². The standard InChI is InChI=1S/C11H24N4O2/c1-5-12-10(13-6-7-16)14-8-9(17)15-11(2,3)4/h16H,5-8H2,1-4H3,(H,15,17)(H2,12,13,14). The zero-order valence-electron chi connectivity index (χ0n) is 11.1. The molecule has 0 fully saturated rings. The third kappa shape index (κ3) is 9.62. The topological polar surface area (TPSA) is 85.8 Å². The molecule has 0 saturated heterocycles. The second kappa shape index (κ2) is 7.89. The number of amides is 1. The van der Waals surface area contributed by atoms with Gasteiger partial charge >= 0.3 is 0 Å². The molecule has 17 heavy (non-hydrogen) atoms. The molecule has 0 rings (SSSR count). The fourth-order valence-electron chi connectivity index (χ4n) is 1.12. The molecule has 0 aliphatic rings. The molecule has 6 heteroatoms. The van der Waals surface area contributed by atoms with Crippen LogP contribution in [0.1, 0.15) is 27.7 Å². The van der Waals surface area contributed by atoms with E-state index in [1.165, 1.54) is 0 Å². The molecule has 100 valence electrons. The van der Waals surface area contributed by atoms with Crippen molar-refractivity contribution in [2.24, 2.45) is 4.99 Å². The summed E-state index contributed by atoms with van der Waals surface area (Å²) in [6.07, 6.45) is 0. The van der Waals surface area contributed by atoms with Crippen molar-refractivity contribution in [3.05, 3.63) is 0 Å². The highest BCUT2D eigenvalue weighted by molar-refractivity contribution is 5.85. The van der Waals surface area contributed by atoms with Crippen LogP contribution in [0.3, 0.4) is 0 Å². The molecule has 0 spiro atoms. The Hall–Kier alpha value is -1.30. The number of nitrogens with one attached hydrogen (secondary N) is 3. The predicted octanol–water partition coefficient (Wildman–Crippen LogP) is -0.551. The molecule has 0 unspecified atom stereocenters. The average molecular weight is 244 g/mol. The van der Waals surface area contributed by atoms with Crippen LogP contribution in [-0.4, -0.2) is 48.8 Å². The van der Waals surface area contributed by atoms with Crippen LogP contribution in [0, 0.1) is 0 Å². The van der Waals surface area contributed by atoms with Crippen LogP contribution in [0.2, 0.25) is 0 Å². The zero-order valence-corrected chi connectivity index (χ0v) is 11.1. The van der Waals surface area contributed by atoms with E-state index in [0.29, 0.717) is 19.0 Å². The number of nitrogens with zero attached hydrogens (tertiary/aromatic N) is 1. The lowest BCUT2D eigenvalue weighted by Crippen LogP contribution is -2.43. The number of aliphatic imine (C=N–C) groups is 1. The Labute approximate surface area is 103 Å². The normalized spacial score (nSPS) is 12.2. The van der Waals surface area contributed by atoms with Gasteiger partial charge in [0.1, 0.15) is 6.54 Å². The molecule has 0 aromatic heterocycles. The minimum atomic E-state index is -0.247. The van der Waals surface area contributed by atoms with Gasteiger partial charge in [0.2, 0.25) is 5.91 Å². The summed E-state index contributed by atoms with van der Waals surface area (Å²) in [5.41, 5.74) is -0.247. The summed E-state index contributed by atoms with van der Waals surface area (Å²) >= 11 is 0. The molecule has 1 amide bonds. The average Bonchev–Trinajstić information content (AvgIpc) is 2.19. The Morgan fingerprint density at radius 1 is 1.29 bits per heavy atom. The van der Waals surface area contributed by atoms with Crippen LogP contribution in [0.25, 0.3) is 0 Å². The SMILES string of the molecule is CCNC(=NCC(=O)NC(C)(C)C)NCCO. The predicted molar refractivity (Wildman–Crippen MR) is 69.0 cm³/mol. The van der Waals surface area contributed by atoms with Gasteiger partial charge in [-0.1, -0.05) is 0 Å². The van der Waals surface area contributed by atoms with Gasteiger partial charge in [0, 0.05) is 18.6 Å². The van der Waals surface area contributed by atoms with Crippen LogP contribution < -0.4 is 16.0 Å². The van der Waals surface area contributed by atoms with Crippen molar-refractivity contribution in [3.8, 4) is 0 Å². The fourth-order valence-corrected chi connectivity index (χ4v) is 1.12. The van der Waals surface area contributed by atoms with Gasteiger partial charge in [-0.15, -0.1) is 0 Å². The number of rotatable bonds is 5. The van der Waals surface area contributed by atoms with Crippen molar-refractivity contribution in [2.75, 3.05) is 26.2 Å². The fraction of sp³-hybridized carbons (Fsp3) is 0.818. The molecule has 0 saturated carbocycles. The minimum Gasteiger partial charge on any atom is -0.395 e. The molecular formula is C11H24N4O2. The smallest absolute Gasteiger partial charge is 0.242 e. The molecule has 0 heterocycles. The highest BCUT2D eigenvalue weighted by Crippen LogP contribution is 1.97. The number of carbonyl (C=O) groups excluding carboxylic acids is 1. The van der Waals surface area contributed by atoms with E-state index in [2.05, 4.69) is 20.9 Å². The van der Waals surface area contributed by atoms with Crippen LogP contribution in [0.4, 0.5) is 0 Å². The summed E-state index contributed by atoms with van der Waals surface area (Å²) < 4.78 is 0. The summed E-state index contributed by atoms with van der Waals surface area (Å²) in [6.45, 7) is 8.91. The lowest BCUT2D eigenvalue weighted by atomic mass is 10.1. The molecule has 0 aliphatic carbocycles. The maximum atomic E-state index is 11.5. The third-order valence-corrected chi connectivity index (χ3v) is 1.64. The quantitative estimate of drug-likeness (QED) is 0.386. The number of aliphatic hydroxyl groups is 1. The second-order valence-corrected chi connectivity index (χ2v) is 4.64. The van der Waals surface area contributed by atoms with Crippen LogP contribution in [-0.2, 0) is 4.79 Å². The summed E-state index contributed by atoms with van der Waals surface area (Å²) in [5, 5.41) is 17.4. The maximum absolute atomic E-state index is 11.5. The van der Waals surface area contributed by atoms with E-state index in [1.807, 2.05) is 27.7 Å². The Morgan fingerprint density at radius 2 is 1.94 bits per heavy atom. The molecular weight excluding hydrogens is 220 g/mol. The van der Waals surface area contributed by atoms with Crippen molar-refractivity contribution in [3.63, 3.8) is 0 Å². The van der Waals surface area contributed by atoms with Crippen LogP contribution in [0.15, 0.2) is 4.99 Å². The van der Waals surface area contributed by atoms with E-state index in [1.54, 1.807) is 0 Å². The number of hydrogen-bond donors (Lipinski definition) is 4. The lowest BCUT2D eigenvalue weighted by Gasteiger charge is -2.20. The van der Waals surface area contributed by atoms with E-state index in [0.717, 1.165) is 0 Å². The molecule has 0 aromatic carbocycles. The summed E-state index contributed by atoms with van der Waals surface area (Å²) in [4.78, 5) is 15.6. The van der Waals surface area contributed by atoms with E-state index < -0.39 is 0 Å². The number of guanidine groups is 1. The minimum absolute atomic E-state index is 0.0264. The van der Waals surface area contributed by atoms with Crippen molar-refractivity contribution in [1.82, 2.24) is 16.0 Å². The first-order chi connectivity index (χ1) is 7.89. The van der Waals surface area contributed by atoms with Crippen molar-refractivity contribution < 1.29 is 9.90 Å².